The van der Waals surface area contributed by atoms with Crippen molar-refractivity contribution in [1.82, 2.24) is 0 Å². The molecule has 136 valence electrons. The third kappa shape index (κ3) is 2.84. The van der Waals surface area contributed by atoms with Gasteiger partial charge in [0.2, 0.25) is 10.0 Å². The Hall–Kier alpha value is -2.16. The molecule has 0 saturated heterocycles. The summed E-state index contributed by atoms with van der Waals surface area (Å²) < 4.78 is 50.7. The molecule has 4 rings (SSSR count). The highest BCUT2D eigenvalue weighted by atomic mass is 32.2. The normalized spacial score (nSPS) is 16.8. The van der Waals surface area contributed by atoms with Gasteiger partial charge in [0.1, 0.15) is 0 Å². The number of sulfonamides is 2. The van der Waals surface area contributed by atoms with Gasteiger partial charge in [-0.15, -0.1) is 0 Å². The van der Waals surface area contributed by atoms with E-state index in [0.717, 1.165) is 11.1 Å². The summed E-state index contributed by atoms with van der Waals surface area (Å²) in [7, 11) is -7.46. The fourth-order valence-electron chi connectivity index (χ4n) is 3.53. The summed E-state index contributed by atoms with van der Waals surface area (Å²) >= 11 is 0. The van der Waals surface area contributed by atoms with E-state index in [2.05, 4.69) is 0 Å². The van der Waals surface area contributed by atoms with E-state index in [0.29, 0.717) is 42.0 Å². The number of fused-ring (bicyclic) bond motifs is 2. The molecular weight excluding hydrogens is 372 g/mol. The van der Waals surface area contributed by atoms with Crippen LogP contribution in [-0.4, -0.2) is 23.4 Å². The zero-order chi connectivity index (χ0) is 18.5. The SMILES string of the molecule is NS(=O)(=O)c1ccc2c(c1)CCN2S(=O)(=O)C1=Cc2ccccc2CC1. The Morgan fingerprint density at radius 1 is 0.885 bits per heavy atom. The minimum atomic E-state index is -3.81. The lowest BCUT2D eigenvalue weighted by atomic mass is 9.98. The predicted octanol–water partition coefficient (Wildman–Crippen LogP) is 2.01. The van der Waals surface area contributed by atoms with E-state index < -0.39 is 20.0 Å². The van der Waals surface area contributed by atoms with Crippen LogP contribution in [0.5, 0.6) is 0 Å². The van der Waals surface area contributed by atoms with Crippen molar-refractivity contribution >= 4 is 31.8 Å². The van der Waals surface area contributed by atoms with Crippen molar-refractivity contribution in [2.75, 3.05) is 10.8 Å². The summed E-state index contributed by atoms with van der Waals surface area (Å²) in [6.45, 7) is 0.296. The molecular formula is C18H18N2O4S2. The van der Waals surface area contributed by atoms with Crippen molar-refractivity contribution in [3.05, 3.63) is 64.1 Å². The van der Waals surface area contributed by atoms with Gasteiger partial charge in [0, 0.05) is 6.54 Å². The Morgan fingerprint density at radius 3 is 2.42 bits per heavy atom. The minimum absolute atomic E-state index is 0.00121. The molecule has 0 unspecified atom stereocenters. The number of primary sulfonamides is 1. The number of nitrogens with two attached hydrogens (primary N) is 1. The molecule has 6 nitrogen and oxygen atoms in total. The quantitative estimate of drug-likeness (QED) is 0.867. The Labute approximate surface area is 153 Å². The van der Waals surface area contributed by atoms with Crippen molar-refractivity contribution in [1.29, 1.82) is 0 Å². The molecule has 1 aliphatic carbocycles. The minimum Gasteiger partial charge on any atom is -0.266 e. The number of aryl methyl sites for hydroxylation is 1. The number of allylic oxidation sites excluding steroid dienone is 1. The standard InChI is InChI=1S/C18H18N2O4S2/c19-25(21,22)16-7-8-18-15(12-16)9-10-20(18)26(23,24)17-6-5-13-3-1-2-4-14(13)11-17/h1-4,7-8,11-12H,5-6,9-10H2,(H2,19,21,22). The number of benzene rings is 2. The Morgan fingerprint density at radius 2 is 1.65 bits per heavy atom. The number of anilines is 1. The molecule has 2 aromatic carbocycles. The van der Waals surface area contributed by atoms with Crippen molar-refractivity contribution in [3.63, 3.8) is 0 Å². The zero-order valence-corrected chi connectivity index (χ0v) is 15.6. The largest absolute Gasteiger partial charge is 0.266 e. The molecule has 0 radical (unpaired) electrons. The van der Waals surface area contributed by atoms with E-state index in [1.54, 1.807) is 6.08 Å². The van der Waals surface area contributed by atoms with E-state index in [1.165, 1.54) is 22.5 Å². The predicted molar refractivity (Wildman–Crippen MR) is 101 cm³/mol. The highest BCUT2D eigenvalue weighted by Gasteiger charge is 2.33. The summed E-state index contributed by atoms with van der Waals surface area (Å²) in [6, 6.07) is 12.1. The van der Waals surface area contributed by atoms with E-state index in [1.807, 2.05) is 24.3 Å². The molecule has 26 heavy (non-hydrogen) atoms. The Kier molecular flexibility index (Phi) is 3.94. The molecule has 0 spiro atoms. The first-order chi connectivity index (χ1) is 12.3. The fourth-order valence-corrected chi connectivity index (χ4v) is 5.78. The third-order valence-corrected chi connectivity index (χ3v) is 7.72. The molecule has 0 fully saturated rings. The summed E-state index contributed by atoms with van der Waals surface area (Å²) in [5.41, 5.74) is 3.28. The second-order valence-corrected chi connectivity index (χ2v) is 9.95. The van der Waals surface area contributed by atoms with Crippen LogP contribution in [0.15, 0.2) is 52.3 Å². The van der Waals surface area contributed by atoms with Crippen molar-refractivity contribution in [3.8, 4) is 0 Å². The van der Waals surface area contributed by atoms with Crippen LogP contribution in [0.25, 0.3) is 6.08 Å². The summed E-state index contributed by atoms with van der Waals surface area (Å²) in [4.78, 5) is 0.390. The van der Waals surface area contributed by atoms with Crippen LogP contribution < -0.4 is 9.44 Å². The number of rotatable bonds is 3. The number of hydrogen-bond donors (Lipinski definition) is 1. The lowest BCUT2D eigenvalue weighted by Crippen LogP contribution is -2.31. The topological polar surface area (TPSA) is 97.5 Å². The van der Waals surface area contributed by atoms with Gasteiger partial charge in [-0.2, -0.15) is 0 Å². The van der Waals surface area contributed by atoms with Crippen LogP contribution in [0, 0.1) is 0 Å². The van der Waals surface area contributed by atoms with Gasteiger partial charge in [0.25, 0.3) is 10.0 Å². The van der Waals surface area contributed by atoms with E-state index >= 15 is 0 Å². The van der Waals surface area contributed by atoms with E-state index in [4.69, 9.17) is 5.14 Å². The zero-order valence-electron chi connectivity index (χ0n) is 13.9. The maximum absolute atomic E-state index is 13.2. The van der Waals surface area contributed by atoms with Gasteiger partial charge in [0.15, 0.2) is 0 Å². The van der Waals surface area contributed by atoms with E-state index in [-0.39, 0.29) is 4.90 Å². The van der Waals surface area contributed by atoms with Gasteiger partial charge in [-0.3, -0.25) is 4.31 Å². The maximum atomic E-state index is 13.2. The van der Waals surface area contributed by atoms with Crippen LogP contribution in [-0.2, 0) is 32.9 Å². The summed E-state index contributed by atoms with van der Waals surface area (Å²) in [6.07, 6.45) is 3.35. The molecule has 0 atom stereocenters. The van der Waals surface area contributed by atoms with Crippen molar-refractivity contribution < 1.29 is 16.8 Å². The smallest absolute Gasteiger partial charge is 0.260 e. The van der Waals surface area contributed by atoms with Crippen molar-refractivity contribution in [2.24, 2.45) is 5.14 Å². The van der Waals surface area contributed by atoms with Crippen LogP contribution >= 0.6 is 0 Å². The highest BCUT2D eigenvalue weighted by molar-refractivity contribution is 7.96. The van der Waals surface area contributed by atoms with Gasteiger partial charge in [-0.25, -0.2) is 22.0 Å². The lowest BCUT2D eigenvalue weighted by Gasteiger charge is -2.24. The van der Waals surface area contributed by atoms with E-state index in [9.17, 15) is 16.8 Å². The molecule has 0 bridgehead atoms. The lowest BCUT2D eigenvalue weighted by molar-refractivity contribution is 0.595. The molecule has 1 heterocycles. The van der Waals surface area contributed by atoms with Crippen LogP contribution in [0.3, 0.4) is 0 Å². The summed E-state index contributed by atoms with van der Waals surface area (Å²) in [5, 5.41) is 5.16. The van der Waals surface area contributed by atoms with Gasteiger partial charge >= 0.3 is 0 Å². The molecule has 0 amide bonds. The number of nitrogens with zero attached hydrogens (tertiary/aromatic N) is 1. The molecule has 8 heteroatoms. The van der Waals surface area contributed by atoms with Gasteiger partial charge in [0.05, 0.1) is 15.5 Å². The van der Waals surface area contributed by atoms with Gasteiger partial charge in [-0.05, 0) is 60.2 Å². The Balaban J connectivity index is 1.73. The molecule has 1 aliphatic heterocycles. The average Bonchev–Trinajstić information content (AvgIpc) is 3.04. The second-order valence-electron chi connectivity index (χ2n) is 6.47. The van der Waals surface area contributed by atoms with Crippen LogP contribution in [0.4, 0.5) is 5.69 Å². The fraction of sp³-hybridized carbons (Fsp3) is 0.222. The van der Waals surface area contributed by atoms with Crippen LogP contribution in [0.2, 0.25) is 0 Å². The first-order valence-corrected chi connectivity index (χ1v) is 11.2. The summed E-state index contributed by atoms with van der Waals surface area (Å²) in [5.74, 6) is 0. The Bertz CT molecular complexity index is 1140. The molecule has 2 N–H and O–H groups in total. The third-order valence-electron chi connectivity index (χ3n) is 4.87. The molecule has 2 aliphatic rings. The second kappa shape index (κ2) is 5.94. The van der Waals surface area contributed by atoms with Crippen molar-refractivity contribution in [2.45, 2.75) is 24.2 Å². The first-order valence-electron chi connectivity index (χ1n) is 8.24. The van der Waals surface area contributed by atoms with Crippen LogP contribution in [0.1, 0.15) is 23.1 Å². The number of hydrogen-bond acceptors (Lipinski definition) is 4. The van der Waals surface area contributed by atoms with Gasteiger partial charge < -0.3 is 0 Å². The monoisotopic (exact) mass is 390 g/mol. The molecule has 2 aromatic rings. The molecule has 0 saturated carbocycles. The average molecular weight is 390 g/mol. The van der Waals surface area contributed by atoms with Gasteiger partial charge in [-0.1, -0.05) is 24.3 Å². The highest BCUT2D eigenvalue weighted by Crippen LogP contribution is 2.36. The molecule has 0 aromatic heterocycles. The maximum Gasteiger partial charge on any atom is 0.260 e. The first kappa shape index (κ1) is 17.3.